The zero-order valence-corrected chi connectivity index (χ0v) is 40.5. The number of halogens is 1. The first-order chi connectivity index (χ1) is 33.4. The summed E-state index contributed by atoms with van der Waals surface area (Å²) in [5.41, 5.74) is 10.4. The van der Waals surface area contributed by atoms with Gasteiger partial charge in [-0.15, -0.1) is 0 Å². The number of H-pyrrole nitrogens is 1. The highest BCUT2D eigenvalue weighted by atomic mass is 19.1. The number of anilines is 2. The van der Waals surface area contributed by atoms with Crippen LogP contribution in [0.15, 0.2) is 60.8 Å². The number of aromatic nitrogens is 2. The number of nitrogens with two attached hydrogens (primary N) is 1. The molecule has 0 radical (unpaired) electrons. The molecule has 0 spiro atoms. The minimum Gasteiger partial charge on any atom is -0.508 e. The smallest absolute Gasteiger partial charge is 0.416 e. The number of hydrogen-bond acceptors (Lipinski definition) is 10. The summed E-state index contributed by atoms with van der Waals surface area (Å²) in [5.74, 6) is -2.16. The fourth-order valence-corrected chi connectivity index (χ4v) is 9.39. The van der Waals surface area contributed by atoms with Gasteiger partial charge in [-0.1, -0.05) is 27.7 Å². The fraction of sp³-hybridized carbons (Fsp3) is 0.385. The van der Waals surface area contributed by atoms with E-state index in [1.54, 1.807) is 37.0 Å². The molecule has 1 saturated heterocycles. The third-order valence-corrected chi connectivity index (χ3v) is 13.5. The highest BCUT2D eigenvalue weighted by Gasteiger charge is 2.32. The van der Waals surface area contributed by atoms with Crippen molar-refractivity contribution < 1.29 is 43.3 Å². The molecule has 0 unspecified atom stereocenters. The molecular weight excluding hydrogens is 898 g/mol. The van der Waals surface area contributed by atoms with Crippen molar-refractivity contribution in [3.8, 4) is 11.5 Å². The van der Waals surface area contributed by atoms with Crippen LogP contribution in [0.2, 0.25) is 0 Å². The molecule has 1 fully saturated rings. The molecule has 0 aliphatic carbocycles. The molecule has 5 aromatic rings. The van der Waals surface area contributed by atoms with E-state index in [0.717, 1.165) is 46.0 Å². The minimum atomic E-state index is -0.900. The second-order valence-electron chi connectivity index (χ2n) is 18.2. The van der Waals surface area contributed by atoms with Gasteiger partial charge in [0.25, 0.3) is 11.8 Å². The quantitative estimate of drug-likeness (QED) is 0.0317. The number of carbonyl (C=O) groups is 5. The third kappa shape index (κ3) is 10.7. The molecule has 3 aromatic carbocycles. The van der Waals surface area contributed by atoms with E-state index in [1.807, 2.05) is 46.0 Å². The van der Waals surface area contributed by atoms with Gasteiger partial charge in [-0.05, 0) is 124 Å². The third-order valence-electron chi connectivity index (χ3n) is 13.5. The number of amidine groups is 1. The number of phenolic OH excluding ortho intramolecular Hbond substituents is 2. The predicted molar refractivity (Wildman–Crippen MR) is 267 cm³/mol. The summed E-state index contributed by atoms with van der Waals surface area (Å²) in [7, 11) is 0. The van der Waals surface area contributed by atoms with Crippen molar-refractivity contribution in [3.05, 3.63) is 106 Å². The van der Waals surface area contributed by atoms with Gasteiger partial charge in [0, 0.05) is 78.5 Å². The number of ether oxygens (including phenoxy) is 1. The molecule has 6 amide bonds. The van der Waals surface area contributed by atoms with Gasteiger partial charge in [0.15, 0.2) is 0 Å². The number of nitrogens with one attached hydrogen (secondary N) is 3. The van der Waals surface area contributed by atoms with E-state index in [0.29, 0.717) is 84.6 Å². The summed E-state index contributed by atoms with van der Waals surface area (Å²) >= 11 is 0. The highest BCUT2D eigenvalue weighted by molar-refractivity contribution is 6.35. The Kier molecular flexibility index (Phi) is 15.4. The van der Waals surface area contributed by atoms with Crippen LogP contribution in [0.4, 0.5) is 25.4 Å². The normalized spacial score (nSPS) is 14.4. The lowest BCUT2D eigenvalue weighted by Crippen LogP contribution is -2.43. The van der Waals surface area contributed by atoms with Crippen LogP contribution in [0, 0.1) is 31.0 Å². The number of fused-ring (bicyclic) bond motifs is 2. The molecule has 0 bridgehead atoms. The molecule has 0 saturated carbocycles. The minimum absolute atomic E-state index is 0.0440. The summed E-state index contributed by atoms with van der Waals surface area (Å²) in [6.45, 7) is 14.6. The predicted octanol–water partition coefficient (Wildman–Crippen LogP) is 8.30. The van der Waals surface area contributed by atoms with Gasteiger partial charge >= 0.3 is 12.1 Å². The Balaban J connectivity index is 0.929. The van der Waals surface area contributed by atoms with E-state index >= 15 is 0 Å². The van der Waals surface area contributed by atoms with Crippen molar-refractivity contribution >= 4 is 69.6 Å². The Bertz CT molecular complexity index is 2870. The van der Waals surface area contributed by atoms with Crippen LogP contribution in [-0.2, 0) is 20.9 Å². The Morgan fingerprint density at radius 2 is 1.71 bits per heavy atom. The molecular formula is C52H62FN9O8. The monoisotopic (exact) mass is 959 g/mol. The second kappa shape index (κ2) is 21.4. The summed E-state index contributed by atoms with van der Waals surface area (Å²) < 4.78 is 21.9. The van der Waals surface area contributed by atoms with Crippen molar-refractivity contribution in [2.45, 2.75) is 79.7 Å². The second-order valence-corrected chi connectivity index (χ2v) is 18.2. The lowest BCUT2D eigenvalue weighted by molar-refractivity contribution is -0.133. The maximum atomic E-state index is 14.2. The van der Waals surface area contributed by atoms with Crippen molar-refractivity contribution in [2.75, 3.05) is 56.1 Å². The number of likely N-dealkylation sites (N-methyl/N-ethyl adjacent to an activating group) is 1. The molecule has 4 heterocycles. The molecule has 18 heteroatoms. The number of amides is 6. The van der Waals surface area contributed by atoms with Crippen molar-refractivity contribution in [3.63, 3.8) is 0 Å². The molecule has 0 atom stereocenters. The first-order valence-corrected chi connectivity index (χ1v) is 23.7. The number of piperidine rings is 1. The SMILES string of the molecule is CCN(CC)CCN(C(=O)OCCC(=O)N1CCC(CCn2ccc3cc(N(C(=N)c4cc(C(C)C)c(O)cc4O)C(N)=O)ccc32)CC1)C(=O)c1c(C)[nH]c(/C=C2\C(=O)Nc3ccc(F)cc32)c1C. The zero-order chi connectivity index (χ0) is 50.6. The number of hydrogen-bond donors (Lipinski definition) is 6. The number of likely N-dealkylation sites (tertiary alicyclic amines) is 1. The van der Waals surface area contributed by atoms with Gasteiger partial charge in [0.1, 0.15) is 29.8 Å². The van der Waals surface area contributed by atoms with Crippen molar-refractivity contribution in [1.29, 1.82) is 5.41 Å². The van der Waals surface area contributed by atoms with Crippen molar-refractivity contribution in [1.82, 2.24) is 24.3 Å². The number of rotatable bonds is 16. The Hall–Kier alpha value is -7.47. The van der Waals surface area contributed by atoms with Crippen LogP contribution in [0.3, 0.4) is 0 Å². The topological polar surface area (TPSA) is 231 Å². The maximum Gasteiger partial charge on any atom is 0.416 e. The number of phenols is 2. The number of carbonyl (C=O) groups excluding carboxylic acids is 5. The summed E-state index contributed by atoms with van der Waals surface area (Å²) in [4.78, 5) is 76.0. The summed E-state index contributed by atoms with van der Waals surface area (Å²) in [6.07, 6.45) is 5.08. The largest absolute Gasteiger partial charge is 0.508 e. The van der Waals surface area contributed by atoms with Gasteiger partial charge in [-0.25, -0.2) is 23.8 Å². The number of primary amides is 1. The molecule has 7 N–H and O–H groups in total. The standard InChI is InChI=1S/C52H62FN9O8/c1-7-58(8-2)22-23-61(50(67)47-31(5)42(56-32(47)6)28-39-38-26-35(53)9-11-41(38)57-49(39)66)52(69)70-24-17-46(65)60-19-14-33(15-20-60)13-18-59-21-16-34-25-36(10-12-43(34)59)62(51(55)68)48(54)40-27-37(30(3)4)44(63)29-45(40)64/h9-12,16,21,25-30,33,54,56,63-64H,7-8,13-15,17-20,22-24H2,1-6H3,(H2,55,68)(H,57,66)/b39-28-,54-48?. The molecule has 70 heavy (non-hydrogen) atoms. The maximum absolute atomic E-state index is 14.2. The average Bonchev–Trinajstić information content (AvgIpc) is 3.96. The Morgan fingerprint density at radius 1 is 0.986 bits per heavy atom. The van der Waals surface area contributed by atoms with Gasteiger partial charge < -0.3 is 45.4 Å². The molecule has 2 aliphatic rings. The first-order valence-electron chi connectivity index (χ1n) is 23.7. The van der Waals surface area contributed by atoms with Crippen molar-refractivity contribution in [2.24, 2.45) is 11.7 Å². The molecule has 370 valence electrons. The van der Waals surface area contributed by atoms with E-state index in [1.165, 1.54) is 24.3 Å². The first kappa shape index (κ1) is 50.4. The van der Waals surface area contributed by atoms with Crippen LogP contribution in [0.5, 0.6) is 11.5 Å². The van der Waals surface area contributed by atoms with Crippen LogP contribution in [-0.4, -0.2) is 116 Å². The van der Waals surface area contributed by atoms with Gasteiger partial charge in [-0.2, -0.15) is 0 Å². The van der Waals surface area contributed by atoms with E-state index in [9.17, 15) is 38.6 Å². The van der Waals surface area contributed by atoms with Crippen LogP contribution in [0.1, 0.15) is 103 Å². The van der Waals surface area contributed by atoms with E-state index < -0.39 is 29.8 Å². The number of aryl methyl sites for hydroxylation is 2. The Morgan fingerprint density at radius 3 is 2.40 bits per heavy atom. The van der Waals surface area contributed by atoms with Gasteiger partial charge in [0.2, 0.25) is 5.91 Å². The number of aromatic amines is 1. The summed E-state index contributed by atoms with van der Waals surface area (Å²) in [6, 6.07) is 13.0. The van der Waals surface area contributed by atoms with Crippen LogP contribution >= 0.6 is 0 Å². The molecule has 2 aliphatic heterocycles. The molecule has 7 rings (SSSR count). The van der Waals surface area contributed by atoms with Gasteiger partial charge in [0.05, 0.1) is 28.8 Å². The lowest BCUT2D eigenvalue weighted by Gasteiger charge is -2.32. The average molecular weight is 960 g/mol. The lowest BCUT2D eigenvalue weighted by atomic mass is 9.93. The number of imide groups is 1. The molecule has 17 nitrogen and oxygen atoms in total. The number of benzene rings is 3. The number of aromatic hydroxyl groups is 2. The number of urea groups is 1. The Labute approximate surface area is 406 Å². The van der Waals surface area contributed by atoms with E-state index in [-0.39, 0.29) is 65.4 Å². The number of nitrogens with zero attached hydrogens (tertiary/aromatic N) is 5. The van der Waals surface area contributed by atoms with Crippen LogP contribution < -0.4 is 16.0 Å². The van der Waals surface area contributed by atoms with Gasteiger partial charge in [-0.3, -0.25) is 19.8 Å². The zero-order valence-electron chi connectivity index (χ0n) is 40.5. The van der Waals surface area contributed by atoms with E-state index in [4.69, 9.17) is 15.9 Å². The van der Waals surface area contributed by atoms with E-state index in [2.05, 4.69) is 19.8 Å². The molecule has 2 aromatic heterocycles. The van der Waals surface area contributed by atoms with Crippen LogP contribution in [0.25, 0.3) is 22.6 Å². The summed E-state index contributed by atoms with van der Waals surface area (Å²) in [5, 5.41) is 33.3. The fourth-order valence-electron chi connectivity index (χ4n) is 9.39. The highest BCUT2D eigenvalue weighted by Crippen LogP contribution is 2.36.